The molecule has 0 aliphatic rings. The second kappa shape index (κ2) is 14.0. The van der Waals surface area contributed by atoms with E-state index < -0.39 is 0 Å². The molecule has 0 saturated carbocycles. The van der Waals surface area contributed by atoms with Crippen LogP contribution in [0.25, 0.3) is 33.2 Å². The van der Waals surface area contributed by atoms with Gasteiger partial charge in [-0.1, -0.05) is 64.6 Å². The first-order valence-electron chi connectivity index (χ1n) is 12.7. The Hall–Kier alpha value is -4.84. The number of carbonyl (C=O) groups excluding carboxylic acids is 1. The SMILES string of the molecule is C=CC(=O)Nc1cccc(-c2cc(-c3ccc(Oc4ccccn4)cc3)cc3cncnc23)c1.CC.CC.[HH]. The minimum Gasteiger partial charge on any atom is -0.439 e. The van der Waals surface area contributed by atoms with E-state index in [4.69, 9.17) is 4.74 Å². The molecule has 3 aromatic carbocycles. The molecule has 0 fully saturated rings. The third-order valence-corrected chi connectivity index (χ3v) is 5.28. The van der Waals surface area contributed by atoms with Crippen molar-refractivity contribution in [2.75, 3.05) is 5.32 Å². The maximum Gasteiger partial charge on any atom is 0.247 e. The van der Waals surface area contributed by atoms with Crippen molar-refractivity contribution >= 4 is 22.5 Å². The summed E-state index contributed by atoms with van der Waals surface area (Å²) in [5, 5.41) is 3.73. The average Bonchev–Trinajstić information content (AvgIpc) is 2.99. The zero-order chi connectivity index (χ0) is 27.3. The summed E-state index contributed by atoms with van der Waals surface area (Å²) in [4.78, 5) is 24.7. The maximum absolute atomic E-state index is 11.8. The van der Waals surface area contributed by atoms with E-state index >= 15 is 0 Å². The van der Waals surface area contributed by atoms with Crippen molar-refractivity contribution in [1.82, 2.24) is 15.0 Å². The quantitative estimate of drug-likeness (QED) is 0.233. The number of aromatic nitrogens is 3. The van der Waals surface area contributed by atoms with Gasteiger partial charge in [0.15, 0.2) is 0 Å². The second-order valence-corrected chi connectivity index (χ2v) is 7.55. The van der Waals surface area contributed by atoms with Gasteiger partial charge in [-0.3, -0.25) is 4.79 Å². The van der Waals surface area contributed by atoms with Gasteiger partial charge in [-0.25, -0.2) is 15.0 Å². The van der Waals surface area contributed by atoms with Gasteiger partial charge in [0.05, 0.1) is 5.52 Å². The standard InChI is InChI=1S/C28H20N4O2.2C2H6.H2/c1-2-26(33)32-23-7-5-6-20(15-23)25-16-21(14-22-17-29-18-31-28(22)25)19-9-11-24(12-10-19)34-27-8-3-4-13-30-27;2*1-2;/h2-18H,1H2,(H,32,33);2*1-2H3;1H. The van der Waals surface area contributed by atoms with Crippen LogP contribution in [0.2, 0.25) is 0 Å². The molecule has 6 heteroatoms. The molecule has 0 bridgehead atoms. The lowest BCUT2D eigenvalue weighted by atomic mass is 9.96. The molecule has 0 aliphatic carbocycles. The van der Waals surface area contributed by atoms with Crippen LogP contribution >= 0.6 is 0 Å². The van der Waals surface area contributed by atoms with Crippen molar-refractivity contribution in [3.8, 4) is 33.9 Å². The smallest absolute Gasteiger partial charge is 0.247 e. The molecular formula is C32H34N4O2. The molecule has 38 heavy (non-hydrogen) atoms. The third kappa shape index (κ3) is 6.89. The predicted octanol–water partition coefficient (Wildman–Crippen LogP) is 8.57. The Morgan fingerprint density at radius 3 is 2.37 bits per heavy atom. The number of carbonyl (C=O) groups is 1. The number of ether oxygens (including phenoxy) is 1. The summed E-state index contributed by atoms with van der Waals surface area (Å²) < 4.78 is 5.81. The molecule has 0 saturated heterocycles. The molecule has 194 valence electrons. The van der Waals surface area contributed by atoms with Crippen LogP contribution in [-0.2, 0) is 4.79 Å². The van der Waals surface area contributed by atoms with Gasteiger partial charge in [0.1, 0.15) is 12.1 Å². The van der Waals surface area contributed by atoms with Gasteiger partial charge in [0.2, 0.25) is 11.8 Å². The zero-order valence-electron chi connectivity index (χ0n) is 22.2. The summed E-state index contributed by atoms with van der Waals surface area (Å²) in [6, 6.07) is 25.2. The highest BCUT2D eigenvalue weighted by molar-refractivity contribution is 6.01. The van der Waals surface area contributed by atoms with E-state index in [1.807, 2.05) is 94.4 Å². The van der Waals surface area contributed by atoms with Gasteiger partial charge < -0.3 is 10.1 Å². The first-order chi connectivity index (χ1) is 18.7. The number of fused-ring (bicyclic) bond motifs is 1. The number of pyridine rings is 1. The topological polar surface area (TPSA) is 77.0 Å². The van der Waals surface area contributed by atoms with E-state index in [1.165, 1.54) is 6.08 Å². The number of rotatable bonds is 6. The summed E-state index contributed by atoms with van der Waals surface area (Å²) in [6.45, 7) is 11.5. The van der Waals surface area contributed by atoms with Gasteiger partial charge >= 0.3 is 0 Å². The minimum absolute atomic E-state index is 0. The van der Waals surface area contributed by atoms with Gasteiger partial charge in [-0.05, 0) is 65.2 Å². The van der Waals surface area contributed by atoms with Gasteiger partial charge in [-0.15, -0.1) is 0 Å². The fourth-order valence-corrected chi connectivity index (χ4v) is 3.69. The lowest BCUT2D eigenvalue weighted by molar-refractivity contribution is -0.111. The first kappa shape index (κ1) is 27.7. The molecule has 0 aliphatic heterocycles. The van der Waals surface area contributed by atoms with E-state index in [-0.39, 0.29) is 7.33 Å². The van der Waals surface area contributed by atoms with Crippen LogP contribution < -0.4 is 10.1 Å². The van der Waals surface area contributed by atoms with Crippen LogP contribution in [0.1, 0.15) is 29.1 Å². The molecule has 0 spiro atoms. The second-order valence-electron chi connectivity index (χ2n) is 7.55. The Balaban J connectivity index is 0.00000102. The molecule has 5 aromatic rings. The number of nitrogens with zero attached hydrogens (tertiary/aromatic N) is 3. The van der Waals surface area contributed by atoms with Crippen molar-refractivity contribution in [2.45, 2.75) is 27.7 Å². The first-order valence-corrected chi connectivity index (χ1v) is 12.7. The molecule has 0 atom stereocenters. The minimum atomic E-state index is -0.258. The normalized spacial score (nSPS) is 9.79. The fourth-order valence-electron chi connectivity index (χ4n) is 3.69. The van der Waals surface area contributed by atoms with E-state index in [9.17, 15) is 4.79 Å². The molecule has 5 rings (SSSR count). The molecule has 6 nitrogen and oxygen atoms in total. The molecule has 2 aromatic heterocycles. The monoisotopic (exact) mass is 506 g/mol. The van der Waals surface area contributed by atoms with Crippen LogP contribution in [0.5, 0.6) is 11.6 Å². The number of benzene rings is 3. The highest BCUT2D eigenvalue weighted by Gasteiger charge is 2.11. The Bertz CT molecular complexity index is 1490. The van der Waals surface area contributed by atoms with Gasteiger partial charge in [0, 0.05) is 36.5 Å². The number of hydrogen-bond donors (Lipinski definition) is 1. The highest BCUT2D eigenvalue weighted by atomic mass is 16.5. The Morgan fingerprint density at radius 1 is 0.868 bits per heavy atom. The largest absolute Gasteiger partial charge is 0.439 e. The number of amides is 1. The lowest BCUT2D eigenvalue weighted by Gasteiger charge is -2.12. The molecule has 2 heterocycles. The zero-order valence-corrected chi connectivity index (χ0v) is 22.2. The Morgan fingerprint density at radius 2 is 1.66 bits per heavy atom. The molecule has 0 radical (unpaired) electrons. The average molecular weight is 507 g/mol. The summed E-state index contributed by atoms with van der Waals surface area (Å²) in [6.07, 6.45) is 6.28. The van der Waals surface area contributed by atoms with Crippen molar-refractivity contribution in [2.24, 2.45) is 0 Å². The number of hydrogen-bond acceptors (Lipinski definition) is 5. The van der Waals surface area contributed by atoms with Crippen molar-refractivity contribution < 1.29 is 11.0 Å². The summed E-state index contributed by atoms with van der Waals surface area (Å²) in [5.41, 5.74) is 5.44. The molecule has 1 amide bonds. The van der Waals surface area contributed by atoms with Crippen LogP contribution in [0.4, 0.5) is 5.69 Å². The van der Waals surface area contributed by atoms with E-state index in [2.05, 4.69) is 39.0 Å². The summed E-state index contributed by atoms with van der Waals surface area (Å²) >= 11 is 0. The third-order valence-electron chi connectivity index (χ3n) is 5.28. The van der Waals surface area contributed by atoms with Gasteiger partial charge in [0.25, 0.3) is 0 Å². The van der Waals surface area contributed by atoms with Crippen LogP contribution in [0.3, 0.4) is 0 Å². The van der Waals surface area contributed by atoms with Crippen molar-refractivity contribution in [3.05, 3.63) is 110 Å². The van der Waals surface area contributed by atoms with Crippen molar-refractivity contribution in [1.29, 1.82) is 0 Å². The molecule has 1 N–H and O–H groups in total. The molecule has 0 unspecified atom stereocenters. The highest BCUT2D eigenvalue weighted by Crippen LogP contribution is 2.34. The summed E-state index contributed by atoms with van der Waals surface area (Å²) in [7, 11) is 0. The van der Waals surface area contributed by atoms with E-state index in [0.717, 1.165) is 33.2 Å². The van der Waals surface area contributed by atoms with Crippen molar-refractivity contribution in [3.63, 3.8) is 0 Å². The number of nitrogens with one attached hydrogen (secondary N) is 1. The van der Waals surface area contributed by atoms with Crippen LogP contribution in [0, 0.1) is 0 Å². The van der Waals surface area contributed by atoms with E-state index in [0.29, 0.717) is 17.3 Å². The number of anilines is 1. The van der Waals surface area contributed by atoms with E-state index in [1.54, 1.807) is 18.7 Å². The lowest BCUT2D eigenvalue weighted by Crippen LogP contribution is -2.07. The van der Waals surface area contributed by atoms with Gasteiger partial charge in [-0.2, -0.15) is 0 Å². The fraction of sp³-hybridized carbons (Fsp3) is 0.125. The Kier molecular flexibility index (Phi) is 10.3. The maximum atomic E-state index is 11.8. The predicted molar refractivity (Wildman–Crippen MR) is 158 cm³/mol. The summed E-state index contributed by atoms with van der Waals surface area (Å²) in [5.74, 6) is 0.993. The molecular weight excluding hydrogens is 472 g/mol. The van der Waals surface area contributed by atoms with Crippen LogP contribution in [-0.4, -0.2) is 20.9 Å². The van der Waals surface area contributed by atoms with Crippen LogP contribution in [0.15, 0.2) is 110 Å². The Labute approximate surface area is 225 Å².